The van der Waals surface area contributed by atoms with E-state index in [9.17, 15) is 10.1 Å². The Morgan fingerprint density at radius 1 is 1.29 bits per heavy atom. The van der Waals surface area contributed by atoms with Crippen LogP contribution in [0.15, 0.2) is 0 Å². The predicted molar refractivity (Wildman–Crippen MR) is 65.7 cm³/mol. The van der Waals surface area contributed by atoms with E-state index in [1.165, 1.54) is 0 Å². The van der Waals surface area contributed by atoms with Crippen molar-refractivity contribution < 1.29 is 4.79 Å². The van der Waals surface area contributed by atoms with Gasteiger partial charge >= 0.3 is 0 Å². The molecule has 0 fully saturated rings. The van der Waals surface area contributed by atoms with Crippen LogP contribution in [0.5, 0.6) is 0 Å². The molecule has 0 radical (unpaired) electrons. The highest BCUT2D eigenvalue weighted by atomic mass is 16.2. The van der Waals surface area contributed by atoms with E-state index in [2.05, 4.69) is 12.1 Å². The van der Waals surface area contributed by atoms with Crippen molar-refractivity contribution in [2.75, 3.05) is 13.1 Å². The van der Waals surface area contributed by atoms with E-state index < -0.39 is 5.41 Å². The molecule has 0 bridgehead atoms. The van der Waals surface area contributed by atoms with Crippen LogP contribution in [-0.4, -0.2) is 23.9 Å². The van der Waals surface area contributed by atoms with Crippen LogP contribution in [0.2, 0.25) is 0 Å². The molecular formula is C13H21N3O. The predicted octanol–water partition coefficient (Wildman–Crippen LogP) is 2.32. The Bertz CT molecular complexity index is 334. The zero-order chi connectivity index (χ0) is 13.5. The molecule has 0 aliphatic rings. The van der Waals surface area contributed by atoms with Crippen molar-refractivity contribution in [2.24, 2.45) is 11.3 Å². The lowest BCUT2D eigenvalue weighted by Crippen LogP contribution is -2.44. The lowest BCUT2D eigenvalue weighted by Gasteiger charge is -2.31. The van der Waals surface area contributed by atoms with Crippen LogP contribution in [0.4, 0.5) is 0 Å². The van der Waals surface area contributed by atoms with E-state index in [-0.39, 0.29) is 11.8 Å². The molecule has 1 unspecified atom stereocenters. The average Bonchev–Trinajstić information content (AvgIpc) is 2.38. The maximum atomic E-state index is 12.3. The van der Waals surface area contributed by atoms with E-state index in [0.29, 0.717) is 25.9 Å². The standard InChI is InChI=1S/C13H21N3O/c1-5-13(6-2,10-15)12(17)16(7-3)9-11(4)8-14/h11H,5-7,9H2,1-4H3. The molecule has 1 amide bonds. The van der Waals surface area contributed by atoms with Gasteiger partial charge < -0.3 is 4.90 Å². The molecule has 0 aromatic heterocycles. The number of amides is 1. The minimum atomic E-state index is -0.925. The molecule has 1 atom stereocenters. The molecule has 0 saturated heterocycles. The molecule has 17 heavy (non-hydrogen) atoms. The molecule has 94 valence electrons. The van der Waals surface area contributed by atoms with E-state index in [0.717, 1.165) is 0 Å². The molecular weight excluding hydrogens is 214 g/mol. The van der Waals surface area contributed by atoms with Gasteiger partial charge in [-0.05, 0) is 26.7 Å². The Morgan fingerprint density at radius 3 is 2.12 bits per heavy atom. The smallest absolute Gasteiger partial charge is 0.243 e. The average molecular weight is 235 g/mol. The summed E-state index contributed by atoms with van der Waals surface area (Å²) in [5.74, 6) is -0.349. The summed E-state index contributed by atoms with van der Waals surface area (Å²) in [6.07, 6.45) is 1.02. The van der Waals surface area contributed by atoms with Crippen molar-refractivity contribution in [1.29, 1.82) is 10.5 Å². The van der Waals surface area contributed by atoms with Crippen LogP contribution in [0, 0.1) is 34.0 Å². The third-order valence-corrected chi connectivity index (χ3v) is 3.21. The Hall–Kier alpha value is -1.55. The highest BCUT2D eigenvalue weighted by molar-refractivity contribution is 5.85. The summed E-state index contributed by atoms with van der Waals surface area (Å²) >= 11 is 0. The van der Waals surface area contributed by atoms with Gasteiger partial charge in [-0.1, -0.05) is 13.8 Å². The number of rotatable bonds is 6. The minimum Gasteiger partial charge on any atom is -0.340 e. The second-order valence-corrected chi connectivity index (χ2v) is 4.27. The van der Waals surface area contributed by atoms with E-state index in [1.54, 1.807) is 11.8 Å². The number of nitrogens with zero attached hydrogens (tertiary/aromatic N) is 3. The number of nitriles is 2. The number of carbonyl (C=O) groups excluding carboxylic acids is 1. The lowest BCUT2D eigenvalue weighted by atomic mass is 9.82. The van der Waals surface area contributed by atoms with Gasteiger partial charge in [0.15, 0.2) is 0 Å². The van der Waals surface area contributed by atoms with Crippen LogP contribution in [-0.2, 0) is 4.79 Å². The minimum absolute atomic E-state index is 0.144. The van der Waals surface area contributed by atoms with E-state index in [4.69, 9.17) is 5.26 Å². The molecule has 0 aromatic carbocycles. The topological polar surface area (TPSA) is 67.9 Å². The fourth-order valence-corrected chi connectivity index (χ4v) is 1.79. The number of hydrogen-bond donors (Lipinski definition) is 0. The summed E-state index contributed by atoms with van der Waals surface area (Å²) in [7, 11) is 0. The largest absolute Gasteiger partial charge is 0.340 e. The number of carbonyl (C=O) groups is 1. The molecule has 0 aliphatic carbocycles. The first kappa shape index (κ1) is 15.4. The lowest BCUT2D eigenvalue weighted by molar-refractivity contribution is -0.139. The molecule has 0 N–H and O–H groups in total. The first-order chi connectivity index (χ1) is 8.01. The van der Waals surface area contributed by atoms with Crippen molar-refractivity contribution in [1.82, 2.24) is 4.90 Å². The molecule has 0 saturated carbocycles. The quantitative estimate of drug-likeness (QED) is 0.709. The Morgan fingerprint density at radius 2 is 1.82 bits per heavy atom. The summed E-state index contributed by atoms with van der Waals surface area (Å²) in [4.78, 5) is 14.0. The van der Waals surface area contributed by atoms with Crippen LogP contribution in [0.25, 0.3) is 0 Å². The highest BCUT2D eigenvalue weighted by Gasteiger charge is 2.38. The first-order valence-electron chi connectivity index (χ1n) is 6.11. The van der Waals surface area contributed by atoms with Crippen molar-refractivity contribution in [2.45, 2.75) is 40.5 Å². The summed E-state index contributed by atoms with van der Waals surface area (Å²) in [5.41, 5.74) is -0.925. The van der Waals surface area contributed by atoms with Gasteiger partial charge in [-0.15, -0.1) is 0 Å². The summed E-state index contributed by atoms with van der Waals surface area (Å²) < 4.78 is 0. The molecule has 0 aromatic rings. The van der Waals surface area contributed by atoms with Crippen LogP contribution < -0.4 is 0 Å². The monoisotopic (exact) mass is 235 g/mol. The molecule has 0 rings (SSSR count). The first-order valence-corrected chi connectivity index (χ1v) is 6.11. The molecule has 4 nitrogen and oxygen atoms in total. The van der Waals surface area contributed by atoms with Crippen LogP contribution >= 0.6 is 0 Å². The third-order valence-electron chi connectivity index (χ3n) is 3.21. The maximum absolute atomic E-state index is 12.3. The Labute approximate surface area is 104 Å². The zero-order valence-electron chi connectivity index (χ0n) is 11.2. The SMILES string of the molecule is CCN(CC(C)C#N)C(=O)C(C#N)(CC)CC. The van der Waals surface area contributed by atoms with Crippen LogP contribution in [0.3, 0.4) is 0 Å². The van der Waals surface area contributed by atoms with Crippen molar-refractivity contribution in [3.8, 4) is 12.1 Å². The fourth-order valence-electron chi connectivity index (χ4n) is 1.79. The van der Waals surface area contributed by atoms with Gasteiger partial charge in [0.25, 0.3) is 0 Å². The van der Waals surface area contributed by atoms with Gasteiger partial charge in [-0.3, -0.25) is 4.79 Å². The second kappa shape index (κ2) is 6.91. The third kappa shape index (κ3) is 3.46. The van der Waals surface area contributed by atoms with Crippen LogP contribution in [0.1, 0.15) is 40.5 Å². The zero-order valence-corrected chi connectivity index (χ0v) is 11.2. The molecule has 0 aliphatic heterocycles. The van der Waals surface area contributed by atoms with Gasteiger partial charge in [0.2, 0.25) is 5.91 Å². The number of hydrogen-bond acceptors (Lipinski definition) is 3. The fraction of sp³-hybridized carbons (Fsp3) is 0.769. The van der Waals surface area contributed by atoms with E-state index >= 15 is 0 Å². The van der Waals surface area contributed by atoms with Gasteiger partial charge in [0.1, 0.15) is 5.41 Å². The normalized spacial score (nSPS) is 12.4. The second-order valence-electron chi connectivity index (χ2n) is 4.27. The van der Waals surface area contributed by atoms with Gasteiger partial charge in [0, 0.05) is 13.1 Å². The summed E-state index contributed by atoms with van der Waals surface area (Å²) in [5, 5.41) is 18.0. The van der Waals surface area contributed by atoms with Crippen molar-refractivity contribution >= 4 is 5.91 Å². The van der Waals surface area contributed by atoms with Crippen molar-refractivity contribution in [3.63, 3.8) is 0 Å². The van der Waals surface area contributed by atoms with Crippen molar-refractivity contribution in [3.05, 3.63) is 0 Å². The Kier molecular flexibility index (Phi) is 6.28. The maximum Gasteiger partial charge on any atom is 0.243 e. The molecule has 4 heteroatoms. The summed E-state index contributed by atoms with van der Waals surface area (Å²) in [6.45, 7) is 8.29. The molecule has 0 spiro atoms. The van der Waals surface area contributed by atoms with E-state index in [1.807, 2.05) is 20.8 Å². The summed E-state index contributed by atoms with van der Waals surface area (Å²) in [6, 6.07) is 4.26. The van der Waals surface area contributed by atoms with Gasteiger partial charge in [-0.2, -0.15) is 10.5 Å². The Balaban J connectivity index is 4.98. The highest BCUT2D eigenvalue weighted by Crippen LogP contribution is 2.28. The van der Waals surface area contributed by atoms with Gasteiger partial charge in [-0.25, -0.2) is 0 Å². The van der Waals surface area contributed by atoms with Gasteiger partial charge in [0.05, 0.1) is 18.1 Å². The molecule has 0 heterocycles.